The van der Waals surface area contributed by atoms with Crippen molar-refractivity contribution < 1.29 is 24.9 Å². The number of rotatable bonds is 14. The predicted molar refractivity (Wildman–Crippen MR) is 110 cm³/mol. The molecule has 1 saturated carbocycles. The summed E-state index contributed by atoms with van der Waals surface area (Å²) in [5.74, 6) is -0.504. The summed E-state index contributed by atoms with van der Waals surface area (Å²) >= 11 is 0. The Morgan fingerprint density at radius 2 is 2.07 bits per heavy atom. The number of hydrogen-bond donors (Lipinski definition) is 4. The van der Waals surface area contributed by atoms with Crippen molar-refractivity contribution in [2.75, 3.05) is 13.2 Å². The third-order valence-electron chi connectivity index (χ3n) is 5.16. The molecule has 0 aromatic carbocycles. The van der Waals surface area contributed by atoms with Gasteiger partial charge in [0.1, 0.15) is 5.78 Å². The van der Waals surface area contributed by atoms with Gasteiger partial charge in [-0.3, -0.25) is 9.59 Å². The van der Waals surface area contributed by atoms with Gasteiger partial charge < -0.3 is 20.6 Å². The maximum absolute atomic E-state index is 12.2. The standard InChI is InChI=1S/C22H37NO5/c1-2-3-6-9-17(25)12-13-19-18(20(26)16-21(19)27)10-7-4-5-8-11-22(28)23-14-15-24/h4,7,12-13,17-19,21,24-25,27H,2-3,5-6,8-11,14-16H2,1H3,(H,23,28)/b7-4+,13-12+. The molecular weight excluding hydrogens is 358 g/mol. The van der Waals surface area contributed by atoms with Gasteiger partial charge >= 0.3 is 0 Å². The number of aliphatic hydroxyl groups is 3. The van der Waals surface area contributed by atoms with Crippen molar-refractivity contribution in [1.82, 2.24) is 5.32 Å². The Kier molecular flexibility index (Phi) is 12.7. The van der Waals surface area contributed by atoms with Gasteiger partial charge in [-0.05, 0) is 25.7 Å². The lowest BCUT2D eigenvalue weighted by Gasteiger charge is -2.16. The molecule has 1 amide bonds. The highest BCUT2D eigenvalue weighted by Crippen LogP contribution is 2.33. The topological polar surface area (TPSA) is 107 Å². The minimum Gasteiger partial charge on any atom is -0.395 e. The summed E-state index contributed by atoms with van der Waals surface area (Å²) in [5.41, 5.74) is 0. The van der Waals surface area contributed by atoms with Crippen LogP contribution in [0.5, 0.6) is 0 Å². The number of amides is 1. The lowest BCUT2D eigenvalue weighted by Crippen LogP contribution is -2.25. The fraction of sp³-hybridized carbons (Fsp3) is 0.727. The monoisotopic (exact) mass is 395 g/mol. The maximum atomic E-state index is 12.2. The second-order valence-corrected chi connectivity index (χ2v) is 7.54. The number of carbonyl (C=O) groups excluding carboxylic acids is 2. The van der Waals surface area contributed by atoms with Crippen LogP contribution < -0.4 is 5.32 Å². The second kappa shape index (κ2) is 14.5. The van der Waals surface area contributed by atoms with E-state index in [2.05, 4.69) is 12.2 Å². The summed E-state index contributed by atoms with van der Waals surface area (Å²) < 4.78 is 0. The van der Waals surface area contributed by atoms with Crippen LogP contribution in [0.25, 0.3) is 0 Å². The summed E-state index contributed by atoms with van der Waals surface area (Å²) in [5, 5.41) is 31.5. The van der Waals surface area contributed by atoms with Gasteiger partial charge in [0.05, 0.1) is 18.8 Å². The van der Waals surface area contributed by atoms with Crippen molar-refractivity contribution in [1.29, 1.82) is 0 Å². The van der Waals surface area contributed by atoms with Gasteiger partial charge in [-0.2, -0.15) is 0 Å². The van der Waals surface area contributed by atoms with Crippen LogP contribution in [0.15, 0.2) is 24.3 Å². The molecule has 0 bridgehead atoms. The molecule has 1 fully saturated rings. The van der Waals surface area contributed by atoms with Crippen LogP contribution in [-0.4, -0.2) is 52.4 Å². The zero-order valence-electron chi connectivity index (χ0n) is 17.1. The largest absolute Gasteiger partial charge is 0.395 e. The first-order valence-corrected chi connectivity index (χ1v) is 10.6. The second-order valence-electron chi connectivity index (χ2n) is 7.54. The third kappa shape index (κ3) is 9.62. The number of Topliss-reactive ketones (excluding diaryl/α,β-unsaturated/α-hetero) is 1. The minimum atomic E-state index is -0.680. The normalized spacial score (nSPS) is 23.7. The van der Waals surface area contributed by atoms with Crippen LogP contribution in [0.2, 0.25) is 0 Å². The fourth-order valence-corrected chi connectivity index (χ4v) is 3.51. The summed E-state index contributed by atoms with van der Waals surface area (Å²) in [6.45, 7) is 2.34. The summed E-state index contributed by atoms with van der Waals surface area (Å²) in [7, 11) is 0. The van der Waals surface area contributed by atoms with Crippen molar-refractivity contribution in [3.63, 3.8) is 0 Å². The molecule has 1 aliphatic rings. The smallest absolute Gasteiger partial charge is 0.220 e. The zero-order valence-corrected chi connectivity index (χ0v) is 17.1. The lowest BCUT2D eigenvalue weighted by molar-refractivity contribution is -0.122. The summed E-state index contributed by atoms with van der Waals surface area (Å²) in [6.07, 6.45) is 12.7. The molecule has 0 radical (unpaired) electrons. The molecule has 4 atom stereocenters. The molecular formula is C22H37NO5. The molecule has 1 aliphatic carbocycles. The fourth-order valence-electron chi connectivity index (χ4n) is 3.51. The predicted octanol–water partition coefficient (Wildman–Crippen LogP) is 2.28. The van der Waals surface area contributed by atoms with Gasteiger partial charge in [0.2, 0.25) is 5.91 Å². The van der Waals surface area contributed by atoms with E-state index >= 15 is 0 Å². The molecule has 6 nitrogen and oxygen atoms in total. The SMILES string of the molecule is CCCCCC(O)/C=C/C1C(O)CC(=O)C1C/C=C/CCCC(=O)NCCO. The molecule has 160 valence electrons. The average Bonchev–Trinajstić information content (AvgIpc) is 2.94. The summed E-state index contributed by atoms with van der Waals surface area (Å²) in [6, 6.07) is 0. The van der Waals surface area contributed by atoms with E-state index in [1.54, 1.807) is 6.08 Å². The first-order valence-electron chi connectivity index (χ1n) is 10.6. The molecule has 0 aliphatic heterocycles. The molecule has 0 saturated heterocycles. The van der Waals surface area contributed by atoms with E-state index in [9.17, 15) is 19.8 Å². The van der Waals surface area contributed by atoms with Gasteiger partial charge in [0, 0.05) is 31.2 Å². The average molecular weight is 396 g/mol. The molecule has 6 heteroatoms. The maximum Gasteiger partial charge on any atom is 0.220 e. The Morgan fingerprint density at radius 3 is 2.79 bits per heavy atom. The van der Waals surface area contributed by atoms with Crippen LogP contribution >= 0.6 is 0 Å². The van der Waals surface area contributed by atoms with Crippen molar-refractivity contribution in [2.45, 2.75) is 76.9 Å². The first kappa shape index (κ1) is 24.5. The highest BCUT2D eigenvalue weighted by Gasteiger charge is 2.39. The molecule has 0 heterocycles. The van der Waals surface area contributed by atoms with E-state index in [1.165, 1.54) is 0 Å². The Balaban J connectivity index is 2.40. The van der Waals surface area contributed by atoms with E-state index in [-0.39, 0.29) is 43.1 Å². The van der Waals surface area contributed by atoms with Crippen molar-refractivity contribution in [3.8, 4) is 0 Å². The Hall–Kier alpha value is -1.50. The molecule has 1 rings (SSSR count). The molecule has 28 heavy (non-hydrogen) atoms. The first-order chi connectivity index (χ1) is 13.5. The number of carbonyl (C=O) groups is 2. The van der Waals surface area contributed by atoms with E-state index < -0.39 is 12.2 Å². The Bertz CT molecular complexity index is 517. The highest BCUT2D eigenvalue weighted by molar-refractivity contribution is 5.84. The number of ketones is 1. The van der Waals surface area contributed by atoms with Gasteiger partial charge in [0.25, 0.3) is 0 Å². The number of nitrogens with one attached hydrogen (secondary N) is 1. The number of aliphatic hydroxyl groups excluding tert-OH is 3. The summed E-state index contributed by atoms with van der Waals surface area (Å²) in [4.78, 5) is 23.6. The minimum absolute atomic E-state index is 0.0573. The van der Waals surface area contributed by atoms with Crippen molar-refractivity contribution in [2.24, 2.45) is 11.8 Å². The molecule has 0 spiro atoms. The Morgan fingerprint density at radius 1 is 1.29 bits per heavy atom. The van der Waals surface area contributed by atoms with Gasteiger partial charge in [-0.15, -0.1) is 0 Å². The van der Waals surface area contributed by atoms with E-state index in [1.807, 2.05) is 18.2 Å². The molecule has 4 N–H and O–H groups in total. The lowest BCUT2D eigenvalue weighted by atomic mass is 9.90. The van der Waals surface area contributed by atoms with Crippen LogP contribution in [0.4, 0.5) is 0 Å². The molecule has 0 aromatic rings. The highest BCUT2D eigenvalue weighted by atomic mass is 16.3. The van der Waals surface area contributed by atoms with Crippen LogP contribution in [-0.2, 0) is 9.59 Å². The van der Waals surface area contributed by atoms with Crippen molar-refractivity contribution >= 4 is 11.7 Å². The van der Waals surface area contributed by atoms with Gasteiger partial charge in [0.15, 0.2) is 0 Å². The van der Waals surface area contributed by atoms with E-state index in [4.69, 9.17) is 5.11 Å². The number of hydrogen-bond acceptors (Lipinski definition) is 5. The van der Waals surface area contributed by atoms with E-state index in [0.29, 0.717) is 25.7 Å². The van der Waals surface area contributed by atoms with Gasteiger partial charge in [-0.25, -0.2) is 0 Å². The quantitative estimate of drug-likeness (QED) is 0.267. The van der Waals surface area contributed by atoms with Gasteiger partial charge in [-0.1, -0.05) is 50.5 Å². The van der Waals surface area contributed by atoms with E-state index in [0.717, 1.165) is 25.7 Å². The third-order valence-corrected chi connectivity index (χ3v) is 5.16. The molecule has 0 aromatic heterocycles. The zero-order chi connectivity index (χ0) is 20.8. The van der Waals surface area contributed by atoms with Crippen LogP contribution in [0, 0.1) is 11.8 Å². The number of allylic oxidation sites excluding steroid dienone is 2. The Labute approximate surface area is 168 Å². The molecule has 4 unspecified atom stereocenters. The van der Waals surface area contributed by atoms with Crippen LogP contribution in [0.3, 0.4) is 0 Å². The number of unbranched alkanes of at least 4 members (excludes halogenated alkanes) is 3. The van der Waals surface area contributed by atoms with Crippen LogP contribution in [0.1, 0.15) is 64.7 Å². The van der Waals surface area contributed by atoms with Crippen molar-refractivity contribution in [3.05, 3.63) is 24.3 Å².